The van der Waals surface area contributed by atoms with Crippen molar-refractivity contribution in [2.45, 2.75) is 44.7 Å². The number of ether oxygens (including phenoxy) is 1. The number of aromatic nitrogens is 2. The van der Waals surface area contributed by atoms with Crippen LogP contribution in [0.2, 0.25) is 0 Å². The van der Waals surface area contributed by atoms with Gasteiger partial charge in [0.05, 0.1) is 24.5 Å². The molecule has 1 aromatic heterocycles. The van der Waals surface area contributed by atoms with Gasteiger partial charge in [0.25, 0.3) is 0 Å². The van der Waals surface area contributed by atoms with Crippen LogP contribution < -0.4 is 10.5 Å². The van der Waals surface area contributed by atoms with Gasteiger partial charge in [-0.05, 0) is 27.2 Å². The molecule has 2 heterocycles. The maximum absolute atomic E-state index is 12.6. The Balaban J connectivity index is 2.22. The molecule has 3 N–H and O–H groups in total. The SMILES string of the molecule is Cc1nn(CCN)c(C)c1S(=O)(=O)NC(C)C1CCOC1. The molecule has 7 nitrogen and oxygen atoms in total. The van der Waals surface area contributed by atoms with Crippen LogP contribution in [0.3, 0.4) is 0 Å². The third-order valence-corrected chi connectivity index (χ3v) is 5.75. The summed E-state index contributed by atoms with van der Waals surface area (Å²) in [7, 11) is -3.59. The monoisotopic (exact) mass is 316 g/mol. The fraction of sp³-hybridized carbons (Fsp3) is 0.769. The molecule has 1 saturated heterocycles. The summed E-state index contributed by atoms with van der Waals surface area (Å²) >= 11 is 0. The number of nitrogens with two attached hydrogens (primary N) is 1. The van der Waals surface area contributed by atoms with E-state index in [0.29, 0.717) is 37.7 Å². The van der Waals surface area contributed by atoms with Crippen LogP contribution in [0.15, 0.2) is 4.90 Å². The van der Waals surface area contributed by atoms with Gasteiger partial charge >= 0.3 is 0 Å². The van der Waals surface area contributed by atoms with Gasteiger partial charge in [-0.15, -0.1) is 0 Å². The van der Waals surface area contributed by atoms with Gasteiger partial charge in [-0.25, -0.2) is 13.1 Å². The van der Waals surface area contributed by atoms with E-state index in [0.717, 1.165) is 6.42 Å². The Labute approximate surface area is 125 Å². The lowest BCUT2D eigenvalue weighted by molar-refractivity contribution is 0.180. The van der Waals surface area contributed by atoms with E-state index >= 15 is 0 Å². The first-order chi connectivity index (χ1) is 9.86. The summed E-state index contributed by atoms with van der Waals surface area (Å²) in [5.74, 6) is 0.222. The normalized spacial score (nSPS) is 20.9. The maximum Gasteiger partial charge on any atom is 0.244 e. The van der Waals surface area contributed by atoms with Crippen molar-refractivity contribution in [2.24, 2.45) is 11.7 Å². The Bertz CT molecular complexity index is 591. The molecule has 0 amide bonds. The highest BCUT2D eigenvalue weighted by Crippen LogP contribution is 2.22. The van der Waals surface area contributed by atoms with Gasteiger partial charge < -0.3 is 10.5 Å². The van der Waals surface area contributed by atoms with Crippen molar-refractivity contribution in [3.8, 4) is 0 Å². The third kappa shape index (κ3) is 3.45. The number of nitrogens with one attached hydrogen (secondary N) is 1. The molecule has 0 bridgehead atoms. The van der Waals surface area contributed by atoms with Crippen LogP contribution in [0.25, 0.3) is 0 Å². The largest absolute Gasteiger partial charge is 0.381 e. The highest BCUT2D eigenvalue weighted by molar-refractivity contribution is 7.89. The lowest BCUT2D eigenvalue weighted by Gasteiger charge is -2.19. The number of rotatable bonds is 6. The van der Waals surface area contributed by atoms with Gasteiger partial charge in [-0.3, -0.25) is 4.68 Å². The van der Waals surface area contributed by atoms with Crippen LogP contribution in [0, 0.1) is 19.8 Å². The molecule has 0 saturated carbocycles. The van der Waals surface area contributed by atoms with Gasteiger partial charge in [0.1, 0.15) is 4.90 Å². The fourth-order valence-electron chi connectivity index (χ4n) is 2.76. The lowest BCUT2D eigenvalue weighted by Crippen LogP contribution is -2.38. The minimum Gasteiger partial charge on any atom is -0.381 e. The van der Waals surface area contributed by atoms with E-state index in [4.69, 9.17) is 10.5 Å². The molecule has 0 aliphatic carbocycles. The van der Waals surface area contributed by atoms with Gasteiger partial charge in [0.2, 0.25) is 10.0 Å². The third-order valence-electron chi connectivity index (χ3n) is 3.94. The van der Waals surface area contributed by atoms with E-state index in [1.54, 1.807) is 18.5 Å². The van der Waals surface area contributed by atoms with Crippen molar-refractivity contribution < 1.29 is 13.2 Å². The highest BCUT2D eigenvalue weighted by Gasteiger charge is 2.30. The number of aryl methyl sites for hydroxylation is 1. The first-order valence-corrected chi connectivity index (χ1v) is 8.69. The molecule has 1 fully saturated rings. The zero-order valence-electron chi connectivity index (χ0n) is 12.8. The van der Waals surface area contributed by atoms with Crippen molar-refractivity contribution in [1.82, 2.24) is 14.5 Å². The summed E-state index contributed by atoms with van der Waals surface area (Å²) in [5, 5.41) is 4.26. The summed E-state index contributed by atoms with van der Waals surface area (Å²) in [6, 6.07) is -0.158. The fourth-order valence-corrected chi connectivity index (χ4v) is 4.48. The summed E-state index contributed by atoms with van der Waals surface area (Å²) in [5.41, 5.74) is 6.65. The van der Waals surface area contributed by atoms with Crippen molar-refractivity contribution in [3.05, 3.63) is 11.4 Å². The van der Waals surface area contributed by atoms with Gasteiger partial charge in [0.15, 0.2) is 0 Å². The minimum absolute atomic E-state index is 0.158. The Morgan fingerprint density at radius 1 is 1.52 bits per heavy atom. The van der Waals surface area contributed by atoms with Crippen molar-refractivity contribution >= 4 is 10.0 Å². The van der Waals surface area contributed by atoms with Crippen molar-refractivity contribution in [3.63, 3.8) is 0 Å². The predicted octanol–water partition coefficient (Wildman–Crippen LogP) is 0.162. The van der Waals surface area contributed by atoms with Crippen LogP contribution in [-0.4, -0.2) is 44.0 Å². The van der Waals surface area contributed by atoms with Crippen LogP contribution in [-0.2, 0) is 21.3 Å². The van der Waals surface area contributed by atoms with E-state index < -0.39 is 10.0 Å². The van der Waals surface area contributed by atoms with E-state index in [2.05, 4.69) is 9.82 Å². The molecule has 120 valence electrons. The second-order valence-corrected chi connectivity index (χ2v) is 7.20. The average molecular weight is 316 g/mol. The molecular formula is C13H24N4O3S. The number of hydrogen-bond acceptors (Lipinski definition) is 5. The van der Waals surface area contributed by atoms with Crippen LogP contribution in [0.1, 0.15) is 24.7 Å². The molecule has 2 unspecified atom stereocenters. The Morgan fingerprint density at radius 2 is 2.24 bits per heavy atom. The Kier molecular flexibility index (Phi) is 5.03. The van der Waals surface area contributed by atoms with Gasteiger partial charge in [-0.2, -0.15) is 5.10 Å². The zero-order chi connectivity index (χ0) is 15.6. The van der Waals surface area contributed by atoms with Gasteiger partial charge in [-0.1, -0.05) is 0 Å². The predicted molar refractivity (Wildman–Crippen MR) is 79.5 cm³/mol. The first-order valence-electron chi connectivity index (χ1n) is 7.21. The van der Waals surface area contributed by atoms with E-state index in [1.165, 1.54) is 0 Å². The summed E-state index contributed by atoms with van der Waals surface area (Å²) in [4.78, 5) is 0.265. The number of hydrogen-bond donors (Lipinski definition) is 2. The summed E-state index contributed by atoms with van der Waals surface area (Å²) in [6.07, 6.45) is 0.883. The highest BCUT2D eigenvalue weighted by atomic mass is 32.2. The smallest absolute Gasteiger partial charge is 0.244 e. The molecule has 21 heavy (non-hydrogen) atoms. The van der Waals surface area contributed by atoms with Crippen LogP contribution >= 0.6 is 0 Å². The molecule has 0 radical (unpaired) electrons. The molecule has 0 aromatic carbocycles. The van der Waals surface area contributed by atoms with Crippen molar-refractivity contribution in [2.75, 3.05) is 19.8 Å². The van der Waals surface area contributed by atoms with Crippen LogP contribution in [0.5, 0.6) is 0 Å². The molecule has 2 rings (SSSR count). The molecule has 8 heteroatoms. The second kappa shape index (κ2) is 6.43. The molecule has 0 spiro atoms. The Hall–Kier alpha value is -0.960. The molecule has 1 aromatic rings. The summed E-state index contributed by atoms with van der Waals surface area (Å²) in [6.45, 7) is 7.58. The zero-order valence-corrected chi connectivity index (χ0v) is 13.6. The van der Waals surface area contributed by atoms with E-state index in [-0.39, 0.29) is 16.9 Å². The maximum atomic E-state index is 12.6. The molecule has 1 aliphatic heterocycles. The molecular weight excluding hydrogens is 292 g/mol. The lowest BCUT2D eigenvalue weighted by atomic mass is 10.0. The van der Waals surface area contributed by atoms with Crippen LogP contribution in [0.4, 0.5) is 0 Å². The minimum atomic E-state index is -3.59. The first kappa shape index (κ1) is 16.4. The van der Waals surface area contributed by atoms with E-state index in [9.17, 15) is 8.42 Å². The molecule has 1 aliphatic rings. The number of sulfonamides is 1. The quantitative estimate of drug-likeness (QED) is 0.779. The van der Waals surface area contributed by atoms with Gasteiger partial charge in [0, 0.05) is 25.1 Å². The summed E-state index contributed by atoms with van der Waals surface area (Å²) < 4.78 is 35.0. The Morgan fingerprint density at radius 3 is 2.81 bits per heavy atom. The standard InChI is InChI=1S/C13H24N4O3S/c1-9(12-4-7-20-8-12)16-21(18,19)13-10(2)15-17(6-5-14)11(13)3/h9,12,16H,4-8,14H2,1-3H3. The second-order valence-electron chi connectivity index (χ2n) is 5.55. The number of nitrogens with zero attached hydrogens (tertiary/aromatic N) is 2. The van der Waals surface area contributed by atoms with E-state index in [1.807, 2.05) is 6.92 Å². The average Bonchev–Trinajstić information content (AvgIpc) is 2.98. The molecule has 2 atom stereocenters. The van der Waals surface area contributed by atoms with Crippen molar-refractivity contribution in [1.29, 1.82) is 0 Å². The topological polar surface area (TPSA) is 99.2 Å².